The average Bonchev–Trinajstić information content (AvgIpc) is 3.69. The number of aliphatic imine (C=N–C) groups is 1. The van der Waals surface area contributed by atoms with E-state index >= 15 is 0 Å². The number of amidine groups is 1. The fourth-order valence-corrected chi connectivity index (χ4v) is 5.90. The van der Waals surface area contributed by atoms with Gasteiger partial charge < -0.3 is 14.5 Å². The quantitative estimate of drug-likeness (QED) is 0.228. The molecule has 0 heterocycles. The van der Waals surface area contributed by atoms with Crippen molar-refractivity contribution >= 4 is 23.2 Å². The van der Waals surface area contributed by atoms with Crippen LogP contribution >= 0.6 is 0 Å². The summed E-state index contributed by atoms with van der Waals surface area (Å²) < 4.78 is 6.48. The lowest BCUT2D eigenvalue weighted by Gasteiger charge is -2.39. The van der Waals surface area contributed by atoms with Crippen molar-refractivity contribution in [2.75, 3.05) is 30.9 Å². The Morgan fingerprint density at radius 1 is 1.00 bits per heavy atom. The predicted octanol–water partition coefficient (Wildman–Crippen LogP) is 6.73. The van der Waals surface area contributed by atoms with E-state index in [2.05, 4.69) is 73.9 Å². The van der Waals surface area contributed by atoms with Gasteiger partial charge in [0, 0.05) is 38.1 Å². The third-order valence-electron chi connectivity index (χ3n) is 8.27. The summed E-state index contributed by atoms with van der Waals surface area (Å²) in [6.45, 7) is 8.92. The summed E-state index contributed by atoms with van der Waals surface area (Å²) in [6.07, 6.45) is 5.36. The molecule has 5 nitrogen and oxygen atoms in total. The zero-order valence-corrected chi connectivity index (χ0v) is 23.8. The minimum Gasteiger partial charge on any atom is -0.461 e. The smallest absolute Gasteiger partial charge is 0.329 e. The molecule has 0 unspecified atom stereocenters. The summed E-state index contributed by atoms with van der Waals surface area (Å²) in [7, 11) is 5.91. The maximum Gasteiger partial charge on any atom is 0.329 e. The molecule has 5 heteroatoms. The Morgan fingerprint density at radius 2 is 1.68 bits per heavy atom. The van der Waals surface area contributed by atoms with Crippen LogP contribution in [0.25, 0.3) is 0 Å². The van der Waals surface area contributed by atoms with Crippen LogP contribution in [0.2, 0.25) is 0 Å². The van der Waals surface area contributed by atoms with Crippen LogP contribution in [0.4, 0.5) is 11.4 Å². The lowest BCUT2D eigenvalue weighted by molar-refractivity contribution is -0.157. The van der Waals surface area contributed by atoms with Gasteiger partial charge in [-0.3, -0.25) is 4.99 Å². The highest BCUT2D eigenvalue weighted by Crippen LogP contribution is 2.41. The Labute approximate surface area is 223 Å². The molecule has 0 N–H and O–H groups in total. The summed E-state index contributed by atoms with van der Waals surface area (Å²) in [5.74, 6) is 2.49. The molecule has 2 aromatic rings. The summed E-state index contributed by atoms with van der Waals surface area (Å²) in [4.78, 5) is 23.2. The number of aryl methyl sites for hydroxylation is 1. The van der Waals surface area contributed by atoms with Crippen LogP contribution < -0.4 is 9.80 Å². The molecule has 2 saturated carbocycles. The van der Waals surface area contributed by atoms with E-state index in [1.807, 2.05) is 33.3 Å². The molecule has 2 aromatic carbocycles. The van der Waals surface area contributed by atoms with E-state index in [-0.39, 0.29) is 18.0 Å². The molecule has 37 heavy (non-hydrogen) atoms. The fourth-order valence-electron chi connectivity index (χ4n) is 5.90. The molecule has 0 amide bonds. The average molecular weight is 504 g/mol. The van der Waals surface area contributed by atoms with Crippen LogP contribution in [0.3, 0.4) is 0 Å². The van der Waals surface area contributed by atoms with Crippen molar-refractivity contribution in [1.82, 2.24) is 0 Å². The third kappa shape index (κ3) is 6.19. The number of para-hydroxylation sites is 1. The first-order valence-corrected chi connectivity index (χ1v) is 14.0. The van der Waals surface area contributed by atoms with Gasteiger partial charge in [0.05, 0.1) is 0 Å². The van der Waals surface area contributed by atoms with Crippen LogP contribution in [0, 0.1) is 30.6 Å². The van der Waals surface area contributed by atoms with Gasteiger partial charge in [0.15, 0.2) is 0 Å². The molecule has 0 spiro atoms. The highest BCUT2D eigenvalue weighted by atomic mass is 16.5. The second-order valence-corrected chi connectivity index (χ2v) is 11.7. The molecule has 4 rings (SSSR count). The van der Waals surface area contributed by atoms with Gasteiger partial charge in [-0.25, -0.2) is 4.79 Å². The minimum absolute atomic E-state index is 0.0161. The molecule has 200 valence electrons. The fraction of sp³-hybridized carbons (Fsp3) is 0.562. The van der Waals surface area contributed by atoms with Crippen LogP contribution in [-0.4, -0.2) is 45.1 Å². The summed E-state index contributed by atoms with van der Waals surface area (Å²) in [5, 5.41) is 0. The number of hydrogen-bond acceptors (Lipinski definition) is 4. The lowest BCUT2D eigenvalue weighted by Crippen LogP contribution is -2.50. The molecule has 4 atom stereocenters. The third-order valence-corrected chi connectivity index (χ3v) is 8.27. The number of carbonyl (C=O) groups is 1. The van der Waals surface area contributed by atoms with Crippen molar-refractivity contribution in [3.8, 4) is 0 Å². The second kappa shape index (κ2) is 11.7. The van der Waals surface area contributed by atoms with E-state index in [4.69, 9.17) is 9.73 Å². The van der Waals surface area contributed by atoms with Crippen molar-refractivity contribution in [3.05, 3.63) is 59.7 Å². The van der Waals surface area contributed by atoms with Gasteiger partial charge in [0.1, 0.15) is 18.0 Å². The van der Waals surface area contributed by atoms with Gasteiger partial charge >= 0.3 is 5.97 Å². The van der Waals surface area contributed by atoms with Gasteiger partial charge in [0.25, 0.3) is 0 Å². The highest BCUT2D eigenvalue weighted by molar-refractivity contribution is 6.13. The van der Waals surface area contributed by atoms with Gasteiger partial charge in [-0.05, 0) is 92.2 Å². The van der Waals surface area contributed by atoms with Crippen molar-refractivity contribution in [2.45, 2.75) is 71.9 Å². The number of carbonyl (C=O) groups excluding carboxylic acids is 1. The predicted molar refractivity (Wildman–Crippen MR) is 155 cm³/mol. The number of benzene rings is 2. The van der Waals surface area contributed by atoms with Crippen molar-refractivity contribution in [1.29, 1.82) is 0 Å². The lowest BCUT2D eigenvalue weighted by atomic mass is 9.75. The molecule has 2 aliphatic rings. The van der Waals surface area contributed by atoms with Gasteiger partial charge in [-0.2, -0.15) is 0 Å². The van der Waals surface area contributed by atoms with E-state index in [1.165, 1.54) is 6.42 Å². The standard InChI is InChI=1S/C32H45N3O2/c1-21(2)27-19-12-22(3)20-29(27)37-32(36)30(24-13-14-24)35(28-11-9-8-10-23(28)4)31(33-5)25-15-17-26(18-16-25)34(6)7/h8-11,15-18,21-22,24,27,29-30H,12-14,19-20H2,1-7H3/t22-,27+,29-,30-/m1/s1. The normalized spacial score (nSPS) is 23.0. The maximum absolute atomic E-state index is 14.2. The molecular weight excluding hydrogens is 458 g/mol. The first-order chi connectivity index (χ1) is 17.7. The molecule has 2 fully saturated rings. The van der Waals surface area contributed by atoms with Gasteiger partial charge in [-0.15, -0.1) is 0 Å². The van der Waals surface area contributed by atoms with Crippen LogP contribution in [0.5, 0.6) is 0 Å². The van der Waals surface area contributed by atoms with Gasteiger partial charge in [0.2, 0.25) is 0 Å². The van der Waals surface area contributed by atoms with E-state index in [0.717, 1.165) is 54.0 Å². The Morgan fingerprint density at radius 3 is 2.24 bits per heavy atom. The molecule has 0 saturated heterocycles. The Balaban J connectivity index is 1.73. The van der Waals surface area contributed by atoms with E-state index in [1.54, 1.807) is 0 Å². The molecule has 0 aliphatic heterocycles. The van der Waals surface area contributed by atoms with E-state index < -0.39 is 6.04 Å². The molecule has 0 radical (unpaired) electrons. The molecule has 2 aliphatic carbocycles. The summed E-state index contributed by atoms with van der Waals surface area (Å²) in [6, 6.07) is 16.4. The first-order valence-electron chi connectivity index (χ1n) is 14.0. The van der Waals surface area contributed by atoms with Crippen molar-refractivity contribution in [3.63, 3.8) is 0 Å². The zero-order valence-electron chi connectivity index (χ0n) is 23.8. The SMILES string of the molecule is CN=C(c1ccc(N(C)C)cc1)N(c1ccccc1C)[C@@H](C(=O)O[C@@H]1C[C@H](C)CC[C@H]1C(C)C)C1CC1. The number of esters is 1. The molecule has 0 bridgehead atoms. The summed E-state index contributed by atoms with van der Waals surface area (Å²) >= 11 is 0. The van der Waals surface area contributed by atoms with Crippen molar-refractivity contribution in [2.24, 2.45) is 28.7 Å². The number of hydrogen-bond donors (Lipinski definition) is 0. The summed E-state index contributed by atoms with van der Waals surface area (Å²) in [5.41, 5.74) is 4.27. The zero-order chi connectivity index (χ0) is 26.7. The number of nitrogens with zero attached hydrogens (tertiary/aromatic N) is 3. The maximum atomic E-state index is 14.2. The Kier molecular flexibility index (Phi) is 8.61. The van der Waals surface area contributed by atoms with Crippen LogP contribution in [0.15, 0.2) is 53.5 Å². The Hall–Kier alpha value is -2.82. The molecule has 0 aromatic heterocycles. The Bertz CT molecular complexity index is 1090. The van der Waals surface area contributed by atoms with Crippen molar-refractivity contribution < 1.29 is 9.53 Å². The number of rotatable bonds is 8. The van der Waals surface area contributed by atoms with Crippen LogP contribution in [-0.2, 0) is 9.53 Å². The number of ether oxygens (including phenoxy) is 1. The number of anilines is 2. The van der Waals surface area contributed by atoms with E-state index in [0.29, 0.717) is 17.8 Å². The first kappa shape index (κ1) is 27.2. The largest absolute Gasteiger partial charge is 0.461 e. The minimum atomic E-state index is -0.390. The van der Waals surface area contributed by atoms with Gasteiger partial charge in [-0.1, -0.05) is 45.4 Å². The van der Waals surface area contributed by atoms with E-state index in [9.17, 15) is 4.79 Å². The monoisotopic (exact) mass is 503 g/mol. The highest BCUT2D eigenvalue weighted by Gasteiger charge is 2.45. The second-order valence-electron chi connectivity index (χ2n) is 11.7. The topological polar surface area (TPSA) is 45.1 Å². The van der Waals surface area contributed by atoms with Crippen LogP contribution in [0.1, 0.15) is 64.0 Å². The molecular formula is C32H45N3O2.